The van der Waals surface area contributed by atoms with Gasteiger partial charge in [0, 0.05) is 36.6 Å². The largest absolute Gasteiger partial charge is 0.296 e. The molecule has 1 heterocycles. The highest BCUT2D eigenvalue weighted by molar-refractivity contribution is 6.02. The van der Waals surface area contributed by atoms with Gasteiger partial charge in [0.15, 0.2) is 0 Å². The Kier molecular flexibility index (Phi) is 2.59. The van der Waals surface area contributed by atoms with Gasteiger partial charge in [-0.15, -0.1) is 0 Å². The monoisotopic (exact) mass is 196 g/mol. The minimum absolute atomic E-state index is 1.08. The lowest BCUT2D eigenvalue weighted by atomic mass is 10.0. The van der Waals surface area contributed by atoms with E-state index in [0.29, 0.717) is 0 Å². The van der Waals surface area contributed by atoms with Gasteiger partial charge in [-0.25, -0.2) is 0 Å². The first-order valence-corrected chi connectivity index (χ1v) is 4.78. The highest BCUT2D eigenvalue weighted by atomic mass is 14.6. The Hall–Kier alpha value is -1.96. The van der Waals surface area contributed by atoms with E-state index in [2.05, 4.69) is 22.6 Å². The molecule has 0 unspecified atom stereocenters. The van der Waals surface area contributed by atoms with E-state index in [1.807, 2.05) is 30.6 Å². The number of hydrogen-bond acceptors (Lipinski definition) is 2. The van der Waals surface area contributed by atoms with Crippen LogP contribution < -0.4 is 0 Å². The van der Waals surface area contributed by atoms with Gasteiger partial charge in [-0.2, -0.15) is 0 Å². The highest BCUT2D eigenvalue weighted by Crippen LogP contribution is 2.20. The normalized spacial score (nSPS) is 11.0. The summed E-state index contributed by atoms with van der Waals surface area (Å²) in [5.41, 5.74) is 2.17. The molecule has 0 aliphatic carbocycles. The van der Waals surface area contributed by atoms with Gasteiger partial charge in [-0.1, -0.05) is 24.8 Å². The first kappa shape index (κ1) is 9.59. The lowest BCUT2D eigenvalue weighted by Gasteiger charge is -2.05. The van der Waals surface area contributed by atoms with E-state index < -0.39 is 0 Å². The van der Waals surface area contributed by atoms with Crippen LogP contribution in [0.15, 0.2) is 42.2 Å². The molecule has 0 fully saturated rings. The number of aliphatic imine (C=N–C) groups is 1. The van der Waals surface area contributed by atoms with Crippen LogP contribution in [0, 0.1) is 0 Å². The van der Waals surface area contributed by atoms with Crippen molar-refractivity contribution in [1.29, 1.82) is 0 Å². The number of fused-ring (bicyclic) bond motifs is 1. The number of nitrogens with zero attached hydrogens (tertiary/aromatic N) is 2. The van der Waals surface area contributed by atoms with Crippen LogP contribution in [-0.2, 0) is 0 Å². The molecule has 0 spiro atoms. The predicted octanol–water partition coefficient (Wildman–Crippen LogP) is 2.93. The zero-order valence-corrected chi connectivity index (χ0v) is 8.64. The van der Waals surface area contributed by atoms with Crippen LogP contribution in [0.4, 0.5) is 0 Å². The molecule has 0 N–H and O–H groups in total. The second-order valence-electron chi connectivity index (χ2n) is 3.26. The average Bonchev–Trinajstić information content (AvgIpc) is 2.30. The molecule has 0 atom stereocenters. The average molecular weight is 196 g/mol. The van der Waals surface area contributed by atoms with Crippen molar-refractivity contribution in [2.45, 2.75) is 0 Å². The number of benzene rings is 1. The maximum absolute atomic E-state index is 4.14. The molecular formula is C13H12N2. The molecule has 0 aliphatic rings. The molecule has 0 saturated carbocycles. The van der Waals surface area contributed by atoms with Gasteiger partial charge in [0.25, 0.3) is 0 Å². The minimum Gasteiger partial charge on any atom is -0.296 e. The molecule has 2 rings (SSSR count). The zero-order valence-electron chi connectivity index (χ0n) is 8.64. The van der Waals surface area contributed by atoms with Crippen molar-refractivity contribution >= 4 is 23.1 Å². The number of rotatable bonds is 2. The van der Waals surface area contributed by atoms with Gasteiger partial charge in [-0.05, 0) is 17.0 Å². The van der Waals surface area contributed by atoms with Gasteiger partial charge in [-0.3, -0.25) is 9.98 Å². The van der Waals surface area contributed by atoms with Gasteiger partial charge < -0.3 is 0 Å². The predicted molar refractivity (Wildman–Crippen MR) is 65.4 cm³/mol. The highest BCUT2D eigenvalue weighted by Gasteiger charge is 2.02. The molecule has 2 heteroatoms. The molecule has 0 bridgehead atoms. The van der Waals surface area contributed by atoms with E-state index in [1.54, 1.807) is 13.2 Å². The molecule has 0 amide bonds. The fourth-order valence-corrected chi connectivity index (χ4v) is 1.65. The summed E-state index contributed by atoms with van der Waals surface area (Å²) in [6, 6.07) is 6.11. The molecule has 0 saturated heterocycles. The van der Waals surface area contributed by atoms with Crippen LogP contribution in [0.2, 0.25) is 0 Å². The summed E-state index contributed by atoms with van der Waals surface area (Å²) in [4.78, 5) is 8.20. The third kappa shape index (κ3) is 1.66. The van der Waals surface area contributed by atoms with E-state index in [4.69, 9.17) is 0 Å². The van der Waals surface area contributed by atoms with Gasteiger partial charge in [0.1, 0.15) is 0 Å². The Morgan fingerprint density at radius 1 is 1.33 bits per heavy atom. The van der Waals surface area contributed by atoms with Crippen molar-refractivity contribution < 1.29 is 0 Å². The second-order valence-corrected chi connectivity index (χ2v) is 3.26. The van der Waals surface area contributed by atoms with Crippen LogP contribution in [-0.4, -0.2) is 18.2 Å². The Labute approximate surface area is 89.0 Å². The summed E-state index contributed by atoms with van der Waals surface area (Å²) in [6.45, 7) is 3.80. The van der Waals surface area contributed by atoms with Crippen LogP contribution in [0.3, 0.4) is 0 Å². The molecule has 15 heavy (non-hydrogen) atoms. The summed E-state index contributed by atoms with van der Waals surface area (Å²) >= 11 is 0. The molecule has 0 radical (unpaired) electrons. The summed E-state index contributed by atoms with van der Waals surface area (Å²) in [5.74, 6) is 0. The van der Waals surface area contributed by atoms with Gasteiger partial charge >= 0.3 is 0 Å². The van der Waals surface area contributed by atoms with Crippen LogP contribution in [0.25, 0.3) is 16.8 Å². The molecule has 2 aromatic rings. The summed E-state index contributed by atoms with van der Waals surface area (Å²) in [5, 5.41) is 2.28. The van der Waals surface area contributed by atoms with E-state index in [1.165, 1.54) is 5.39 Å². The minimum atomic E-state index is 1.08. The third-order valence-corrected chi connectivity index (χ3v) is 2.38. The van der Waals surface area contributed by atoms with Crippen molar-refractivity contribution in [1.82, 2.24) is 4.98 Å². The lowest BCUT2D eigenvalue weighted by Crippen LogP contribution is -1.90. The first-order chi connectivity index (χ1) is 7.36. The Balaban J connectivity index is 2.84. The van der Waals surface area contributed by atoms with E-state index in [0.717, 1.165) is 16.5 Å². The Bertz CT molecular complexity index is 527. The molecule has 1 aromatic carbocycles. The number of aromatic nitrogens is 1. The summed E-state index contributed by atoms with van der Waals surface area (Å²) in [7, 11) is 1.77. The van der Waals surface area contributed by atoms with Gasteiger partial charge in [0.05, 0.1) is 0 Å². The maximum atomic E-state index is 4.14. The lowest BCUT2D eigenvalue weighted by molar-refractivity contribution is 1.36. The fraction of sp³-hybridized carbons (Fsp3) is 0.0769. The fourth-order valence-electron chi connectivity index (χ4n) is 1.65. The van der Waals surface area contributed by atoms with Crippen molar-refractivity contribution in [2.75, 3.05) is 7.05 Å². The van der Waals surface area contributed by atoms with Crippen molar-refractivity contribution in [2.24, 2.45) is 4.99 Å². The van der Waals surface area contributed by atoms with E-state index in [-0.39, 0.29) is 0 Å². The SMILES string of the molecule is C=Cc1ccc2ccncc2c1C=NC. The van der Waals surface area contributed by atoms with Crippen molar-refractivity contribution in [3.8, 4) is 0 Å². The van der Waals surface area contributed by atoms with Crippen LogP contribution in [0.5, 0.6) is 0 Å². The quantitative estimate of drug-likeness (QED) is 0.678. The second kappa shape index (κ2) is 4.05. The summed E-state index contributed by atoms with van der Waals surface area (Å²) < 4.78 is 0. The Morgan fingerprint density at radius 3 is 2.93 bits per heavy atom. The van der Waals surface area contributed by atoms with Crippen LogP contribution >= 0.6 is 0 Å². The number of hydrogen-bond donors (Lipinski definition) is 0. The first-order valence-electron chi connectivity index (χ1n) is 4.78. The molecule has 1 aromatic heterocycles. The van der Waals surface area contributed by atoms with E-state index in [9.17, 15) is 0 Å². The third-order valence-electron chi connectivity index (χ3n) is 2.38. The molecule has 2 nitrogen and oxygen atoms in total. The Morgan fingerprint density at radius 2 is 2.20 bits per heavy atom. The van der Waals surface area contributed by atoms with Crippen molar-refractivity contribution in [3.05, 3.63) is 48.3 Å². The van der Waals surface area contributed by atoms with Crippen LogP contribution in [0.1, 0.15) is 11.1 Å². The zero-order chi connectivity index (χ0) is 10.7. The van der Waals surface area contributed by atoms with E-state index >= 15 is 0 Å². The molecule has 0 aliphatic heterocycles. The smallest absolute Gasteiger partial charge is 0.0353 e. The van der Waals surface area contributed by atoms with Crippen molar-refractivity contribution in [3.63, 3.8) is 0 Å². The number of pyridine rings is 1. The van der Waals surface area contributed by atoms with Gasteiger partial charge in [0.2, 0.25) is 0 Å². The molecule has 74 valence electrons. The molecular weight excluding hydrogens is 184 g/mol. The standard InChI is InChI=1S/C13H12N2/c1-3-10-4-5-11-6-7-15-9-13(11)12(10)8-14-2/h3-9H,1H2,2H3. The topological polar surface area (TPSA) is 25.2 Å². The summed E-state index contributed by atoms with van der Waals surface area (Å²) in [6.07, 6.45) is 7.34. The maximum Gasteiger partial charge on any atom is 0.0353 e.